The molecule has 0 unspecified atom stereocenters. The van der Waals surface area contributed by atoms with Crippen LogP contribution in [0.2, 0.25) is 0 Å². The molecule has 4 aromatic heterocycles. The van der Waals surface area contributed by atoms with Crippen molar-refractivity contribution in [2.24, 2.45) is 0 Å². The van der Waals surface area contributed by atoms with Gasteiger partial charge in [0.2, 0.25) is 0 Å². The van der Waals surface area contributed by atoms with Gasteiger partial charge in [-0.2, -0.15) is 0 Å². The number of hydrogen-bond acceptors (Lipinski definition) is 1. The molecular formula is C41H26N4. The summed E-state index contributed by atoms with van der Waals surface area (Å²) in [5.74, 6) is 0.916. The predicted octanol–water partition coefficient (Wildman–Crippen LogP) is 10.4. The fourth-order valence-corrected chi connectivity index (χ4v) is 7.41. The van der Waals surface area contributed by atoms with Crippen molar-refractivity contribution >= 4 is 65.4 Å². The van der Waals surface area contributed by atoms with E-state index in [9.17, 15) is 0 Å². The summed E-state index contributed by atoms with van der Waals surface area (Å²) >= 11 is 0. The predicted molar refractivity (Wildman–Crippen MR) is 187 cm³/mol. The minimum absolute atomic E-state index is 0.916. The smallest absolute Gasteiger partial charge is 0.137 e. The summed E-state index contributed by atoms with van der Waals surface area (Å²) in [5.41, 5.74) is 9.34. The molecule has 0 spiro atoms. The standard InChI is InChI=1S/C41H26N4/c1-5-18-35-29(14-1)30-15-2-6-19-36(30)43(35)27-12-11-13-28(24-27)44-37-20-7-3-16-31(37)33-25-34-32-17-4-8-21-38(32)45(40(34)26-39(33)44)41-22-9-10-23-42-41/h1-26H. The molecule has 10 rings (SSSR count). The molecule has 0 saturated carbocycles. The molecule has 0 aliphatic heterocycles. The summed E-state index contributed by atoms with van der Waals surface area (Å²) in [5, 5.41) is 7.46. The average molecular weight is 575 g/mol. The number of fused-ring (bicyclic) bond motifs is 9. The highest BCUT2D eigenvalue weighted by molar-refractivity contribution is 6.19. The molecule has 4 nitrogen and oxygen atoms in total. The van der Waals surface area contributed by atoms with Gasteiger partial charge < -0.3 is 9.13 Å². The SMILES string of the molecule is c1ccc(-n2c3ccccc3c3cc4c5ccccc5n(-c5cccc(-n6c7ccccc7c7ccccc76)c5)c4cc32)nc1. The molecular weight excluding hydrogens is 548 g/mol. The topological polar surface area (TPSA) is 27.7 Å². The first kappa shape index (κ1) is 24.3. The van der Waals surface area contributed by atoms with Crippen molar-refractivity contribution in [3.63, 3.8) is 0 Å². The summed E-state index contributed by atoms with van der Waals surface area (Å²) in [6.45, 7) is 0. The number of hydrogen-bond donors (Lipinski definition) is 0. The fraction of sp³-hybridized carbons (Fsp3) is 0. The molecule has 6 aromatic carbocycles. The third kappa shape index (κ3) is 3.39. The Bertz CT molecular complexity index is 2710. The third-order valence-corrected chi connectivity index (χ3v) is 9.27. The van der Waals surface area contributed by atoms with E-state index >= 15 is 0 Å². The summed E-state index contributed by atoms with van der Waals surface area (Å²) in [6, 6.07) is 54.5. The van der Waals surface area contributed by atoms with Crippen LogP contribution in [0.25, 0.3) is 82.6 Å². The van der Waals surface area contributed by atoms with Crippen LogP contribution in [0.1, 0.15) is 0 Å². The zero-order valence-electron chi connectivity index (χ0n) is 24.3. The summed E-state index contributed by atoms with van der Waals surface area (Å²) in [4.78, 5) is 4.77. The second kappa shape index (κ2) is 9.18. The lowest BCUT2D eigenvalue weighted by atomic mass is 10.1. The minimum atomic E-state index is 0.916. The van der Waals surface area contributed by atoms with Gasteiger partial charge >= 0.3 is 0 Å². The Morgan fingerprint density at radius 1 is 0.311 bits per heavy atom. The molecule has 210 valence electrons. The first-order valence-electron chi connectivity index (χ1n) is 15.3. The van der Waals surface area contributed by atoms with Crippen LogP contribution >= 0.6 is 0 Å². The van der Waals surface area contributed by atoms with Gasteiger partial charge in [0.15, 0.2) is 0 Å². The summed E-state index contributed by atoms with van der Waals surface area (Å²) in [7, 11) is 0. The Morgan fingerprint density at radius 2 is 0.756 bits per heavy atom. The highest BCUT2D eigenvalue weighted by Gasteiger charge is 2.19. The Morgan fingerprint density at radius 3 is 1.29 bits per heavy atom. The maximum Gasteiger partial charge on any atom is 0.137 e. The quantitative estimate of drug-likeness (QED) is 0.206. The van der Waals surface area contributed by atoms with Crippen LogP contribution in [0, 0.1) is 0 Å². The van der Waals surface area contributed by atoms with Crippen molar-refractivity contribution in [3.8, 4) is 17.2 Å². The molecule has 0 aliphatic rings. The van der Waals surface area contributed by atoms with Gasteiger partial charge in [0.1, 0.15) is 5.82 Å². The van der Waals surface area contributed by atoms with E-state index in [2.05, 4.69) is 159 Å². The van der Waals surface area contributed by atoms with Gasteiger partial charge in [-0.15, -0.1) is 0 Å². The van der Waals surface area contributed by atoms with Crippen LogP contribution in [0.4, 0.5) is 0 Å². The minimum Gasteiger partial charge on any atom is -0.309 e. The highest BCUT2D eigenvalue weighted by atomic mass is 15.1. The van der Waals surface area contributed by atoms with E-state index in [4.69, 9.17) is 4.98 Å². The second-order valence-corrected chi connectivity index (χ2v) is 11.7. The lowest BCUT2D eigenvalue weighted by Gasteiger charge is -2.13. The van der Waals surface area contributed by atoms with Crippen LogP contribution in [-0.4, -0.2) is 18.7 Å². The van der Waals surface area contributed by atoms with Gasteiger partial charge in [0, 0.05) is 49.9 Å². The van der Waals surface area contributed by atoms with E-state index < -0.39 is 0 Å². The Kier molecular flexibility index (Phi) is 4.96. The van der Waals surface area contributed by atoms with Gasteiger partial charge in [-0.1, -0.05) is 84.9 Å². The van der Waals surface area contributed by atoms with Gasteiger partial charge in [-0.25, -0.2) is 4.98 Å². The number of benzene rings is 6. The Hall–Kier alpha value is -6.13. The van der Waals surface area contributed by atoms with E-state index in [1.54, 1.807) is 0 Å². The number of pyridine rings is 1. The van der Waals surface area contributed by atoms with Gasteiger partial charge in [-0.05, 0) is 66.7 Å². The van der Waals surface area contributed by atoms with Crippen LogP contribution < -0.4 is 0 Å². The van der Waals surface area contributed by atoms with Crippen LogP contribution in [0.5, 0.6) is 0 Å². The van der Waals surface area contributed by atoms with Crippen LogP contribution in [-0.2, 0) is 0 Å². The number of rotatable bonds is 3. The van der Waals surface area contributed by atoms with Crippen molar-refractivity contribution in [2.45, 2.75) is 0 Å². The van der Waals surface area contributed by atoms with E-state index in [0.717, 1.165) is 28.2 Å². The second-order valence-electron chi connectivity index (χ2n) is 11.7. The fourth-order valence-electron chi connectivity index (χ4n) is 7.41. The Labute approximate surface area is 258 Å². The molecule has 0 radical (unpaired) electrons. The number of aromatic nitrogens is 4. The zero-order chi connectivity index (χ0) is 29.5. The molecule has 4 heteroatoms. The highest BCUT2D eigenvalue weighted by Crippen LogP contribution is 2.40. The van der Waals surface area contributed by atoms with Crippen molar-refractivity contribution in [1.29, 1.82) is 0 Å². The van der Waals surface area contributed by atoms with E-state index in [1.165, 1.54) is 54.4 Å². The molecule has 10 aromatic rings. The molecule has 0 N–H and O–H groups in total. The zero-order valence-corrected chi connectivity index (χ0v) is 24.3. The van der Waals surface area contributed by atoms with Gasteiger partial charge in [0.25, 0.3) is 0 Å². The van der Waals surface area contributed by atoms with E-state index in [1.807, 2.05) is 12.3 Å². The van der Waals surface area contributed by atoms with E-state index in [0.29, 0.717) is 0 Å². The molecule has 0 atom stereocenters. The van der Waals surface area contributed by atoms with E-state index in [-0.39, 0.29) is 0 Å². The van der Waals surface area contributed by atoms with Crippen LogP contribution in [0.15, 0.2) is 158 Å². The maximum absolute atomic E-state index is 4.77. The molecule has 0 fully saturated rings. The van der Waals surface area contributed by atoms with Gasteiger partial charge in [0.05, 0.1) is 33.1 Å². The molecule has 45 heavy (non-hydrogen) atoms. The largest absolute Gasteiger partial charge is 0.309 e. The lowest BCUT2D eigenvalue weighted by molar-refractivity contribution is 1.08. The maximum atomic E-state index is 4.77. The van der Waals surface area contributed by atoms with Crippen molar-refractivity contribution in [3.05, 3.63) is 158 Å². The summed E-state index contributed by atoms with van der Waals surface area (Å²) in [6.07, 6.45) is 1.87. The van der Waals surface area contributed by atoms with Crippen molar-refractivity contribution < 1.29 is 0 Å². The molecule has 4 heterocycles. The third-order valence-electron chi connectivity index (χ3n) is 9.27. The number of para-hydroxylation sites is 4. The average Bonchev–Trinajstić information content (AvgIpc) is 3.73. The first-order valence-corrected chi connectivity index (χ1v) is 15.3. The van der Waals surface area contributed by atoms with Crippen molar-refractivity contribution in [1.82, 2.24) is 18.7 Å². The molecule has 0 saturated heterocycles. The summed E-state index contributed by atoms with van der Waals surface area (Å²) < 4.78 is 7.10. The van der Waals surface area contributed by atoms with Crippen LogP contribution in [0.3, 0.4) is 0 Å². The molecule has 0 aliphatic carbocycles. The first-order chi connectivity index (χ1) is 22.3. The van der Waals surface area contributed by atoms with Gasteiger partial charge in [-0.3, -0.25) is 4.57 Å². The molecule has 0 bridgehead atoms. The Balaban J connectivity index is 1.30. The number of nitrogens with zero attached hydrogens (tertiary/aromatic N) is 4. The monoisotopic (exact) mass is 574 g/mol. The normalized spacial score (nSPS) is 12.0. The lowest BCUT2D eigenvalue weighted by Crippen LogP contribution is -1.99. The van der Waals surface area contributed by atoms with Crippen molar-refractivity contribution in [2.75, 3.05) is 0 Å². The molecule has 0 amide bonds.